The van der Waals surface area contributed by atoms with E-state index in [0.717, 1.165) is 17.7 Å². The minimum atomic E-state index is -2.80. The average molecular weight is 611 g/mol. The molecule has 4 atom stereocenters. The lowest BCUT2D eigenvalue weighted by molar-refractivity contribution is -0.182. The van der Waals surface area contributed by atoms with Crippen molar-refractivity contribution in [3.05, 3.63) is 51.6 Å². The number of hydrogen-bond donors (Lipinski definition) is 7. The number of aromatic hydroxyl groups is 1. The number of Topliss-reactive ketones (excluding diaryl/α,β-unsaturated/α-hetero) is 2. The third kappa shape index (κ3) is 4.44. The molecule has 0 radical (unpaired) electrons. The number of primary amides is 1. The highest BCUT2D eigenvalue weighted by Crippen LogP contribution is 2.54. The molecule has 14 heteroatoms. The second-order valence-electron chi connectivity index (χ2n) is 11.2. The molecule has 3 aliphatic carbocycles. The van der Waals surface area contributed by atoms with Crippen molar-refractivity contribution in [2.24, 2.45) is 23.3 Å². The van der Waals surface area contributed by atoms with E-state index in [0.29, 0.717) is 24.3 Å². The van der Waals surface area contributed by atoms with Gasteiger partial charge in [-0.1, -0.05) is 6.07 Å². The van der Waals surface area contributed by atoms with Crippen molar-refractivity contribution >= 4 is 46.2 Å². The van der Waals surface area contributed by atoms with E-state index in [4.69, 9.17) is 16.3 Å². The highest BCUT2D eigenvalue weighted by Gasteiger charge is 2.63. The number of hydrogen-bond acceptors (Lipinski definition) is 12. The SMILES string of the molecule is NC(=O)C1=C(O)[C@@]2(O)C(=O)C3=C(O)c4c(O)c(NC(=O)CN5CCCCO5)cc(-c5cccs5)c4C[C@H]3C[C@H]2[C@H](N)C1=O. The summed E-state index contributed by atoms with van der Waals surface area (Å²) in [7, 11) is 0. The molecule has 1 saturated heterocycles. The quantitative estimate of drug-likeness (QED) is 0.187. The zero-order valence-electron chi connectivity index (χ0n) is 22.8. The van der Waals surface area contributed by atoms with Crippen molar-refractivity contribution in [1.29, 1.82) is 0 Å². The number of carbonyl (C=O) groups is 4. The molecule has 2 amide bonds. The van der Waals surface area contributed by atoms with Crippen LogP contribution in [0.3, 0.4) is 0 Å². The number of nitrogens with two attached hydrogens (primary N) is 2. The largest absolute Gasteiger partial charge is 0.508 e. The molecule has 0 unspecified atom stereocenters. The first kappa shape index (κ1) is 29.0. The molecular formula is C29H30N4O9S. The van der Waals surface area contributed by atoms with Gasteiger partial charge in [0.1, 0.15) is 29.4 Å². The zero-order chi connectivity index (χ0) is 30.8. The van der Waals surface area contributed by atoms with Gasteiger partial charge < -0.3 is 37.2 Å². The van der Waals surface area contributed by atoms with Gasteiger partial charge in [0.05, 0.1) is 23.9 Å². The number of amides is 2. The fourth-order valence-electron chi connectivity index (χ4n) is 6.65. The van der Waals surface area contributed by atoms with Gasteiger partial charge in [0, 0.05) is 22.9 Å². The predicted octanol–water partition coefficient (Wildman–Crippen LogP) is 1.06. The number of nitrogens with one attached hydrogen (secondary N) is 1. The van der Waals surface area contributed by atoms with Crippen molar-refractivity contribution in [3.63, 3.8) is 0 Å². The van der Waals surface area contributed by atoms with Gasteiger partial charge in [-0.25, -0.2) is 0 Å². The monoisotopic (exact) mass is 610 g/mol. The number of aliphatic hydroxyl groups is 3. The number of anilines is 1. The summed E-state index contributed by atoms with van der Waals surface area (Å²) in [5.41, 5.74) is 8.22. The van der Waals surface area contributed by atoms with E-state index in [1.54, 1.807) is 6.07 Å². The first-order valence-corrected chi connectivity index (χ1v) is 14.7. The van der Waals surface area contributed by atoms with Gasteiger partial charge in [-0.3, -0.25) is 24.0 Å². The lowest BCUT2D eigenvalue weighted by atomic mass is 9.57. The molecule has 1 aliphatic heterocycles. The Balaban J connectivity index is 1.47. The van der Waals surface area contributed by atoms with Crippen LogP contribution in [0.5, 0.6) is 5.75 Å². The van der Waals surface area contributed by atoms with Gasteiger partial charge in [-0.2, -0.15) is 5.06 Å². The number of hydroxylamine groups is 2. The highest BCUT2D eigenvalue weighted by molar-refractivity contribution is 7.13. The van der Waals surface area contributed by atoms with Crippen LogP contribution < -0.4 is 16.8 Å². The molecule has 1 aromatic heterocycles. The standard InChI is InChI=1S/C29H30N4O9S/c30-22-15-9-12-8-14-13(17-4-3-7-43-17)10-16(32-18(34)11-33-5-1-2-6-42-33)23(35)20(14)24(36)19(12)26(38)29(15,41)27(39)21(25(22)37)28(31)40/h3-4,7,10,12,15,22,35-36,39,41H,1-2,5-6,8-9,11,30H2,(H2,31,40)(H,32,34)/t12-,15-,22-,29-/m0/s1. The Morgan fingerprint density at radius 2 is 1.98 bits per heavy atom. The number of phenols is 1. The third-order valence-corrected chi connectivity index (χ3v) is 9.61. The number of fused-ring (bicyclic) bond motifs is 3. The molecule has 9 N–H and O–H groups in total. The van der Waals surface area contributed by atoms with Gasteiger partial charge in [0.25, 0.3) is 5.91 Å². The van der Waals surface area contributed by atoms with Crippen LogP contribution in [0.15, 0.2) is 40.5 Å². The number of aliphatic hydroxyl groups excluding tert-OH is 2. The van der Waals surface area contributed by atoms with Gasteiger partial charge in [0.15, 0.2) is 11.4 Å². The molecule has 13 nitrogen and oxygen atoms in total. The number of phenolic OH excluding ortho intramolecular Hbond substituents is 1. The van der Waals surface area contributed by atoms with E-state index < -0.39 is 69.7 Å². The molecule has 43 heavy (non-hydrogen) atoms. The second kappa shape index (κ2) is 10.6. The number of benzene rings is 1. The van der Waals surface area contributed by atoms with Crippen LogP contribution >= 0.6 is 11.3 Å². The van der Waals surface area contributed by atoms with E-state index in [1.165, 1.54) is 16.4 Å². The lowest BCUT2D eigenvalue weighted by Gasteiger charge is -2.48. The van der Waals surface area contributed by atoms with Gasteiger partial charge in [-0.05, 0) is 60.2 Å². The maximum Gasteiger partial charge on any atom is 0.255 e. The number of ketones is 2. The molecule has 6 rings (SSSR count). The molecule has 0 bridgehead atoms. The van der Waals surface area contributed by atoms with Crippen LogP contribution in [0, 0.1) is 11.8 Å². The summed E-state index contributed by atoms with van der Waals surface area (Å²) >= 11 is 1.39. The Morgan fingerprint density at radius 3 is 2.63 bits per heavy atom. The molecule has 226 valence electrons. The van der Waals surface area contributed by atoms with Crippen molar-refractivity contribution in [3.8, 4) is 16.2 Å². The molecular weight excluding hydrogens is 580 g/mol. The molecule has 0 spiro atoms. The molecule has 4 aliphatic rings. The third-order valence-electron chi connectivity index (χ3n) is 8.71. The molecule has 1 aromatic carbocycles. The predicted molar refractivity (Wildman–Crippen MR) is 153 cm³/mol. The lowest BCUT2D eigenvalue weighted by Crippen LogP contribution is -2.65. The van der Waals surface area contributed by atoms with Crippen LogP contribution in [-0.2, 0) is 30.4 Å². The number of nitrogens with zero attached hydrogens (tertiary/aromatic N) is 1. The topological polar surface area (TPSA) is 226 Å². The van der Waals surface area contributed by atoms with Crippen LogP contribution in [-0.4, -0.2) is 80.2 Å². The Kier molecular flexibility index (Phi) is 7.13. The summed E-state index contributed by atoms with van der Waals surface area (Å²) in [6.45, 7) is 0.965. The summed E-state index contributed by atoms with van der Waals surface area (Å²) in [6, 6.07) is 3.72. The van der Waals surface area contributed by atoms with Gasteiger partial charge in [-0.15, -0.1) is 11.3 Å². The van der Waals surface area contributed by atoms with E-state index in [1.807, 2.05) is 17.5 Å². The molecule has 2 fully saturated rings. The number of carbonyl (C=O) groups excluding carboxylic acids is 4. The fraction of sp³-hybridized carbons (Fsp3) is 0.379. The molecule has 2 aromatic rings. The first-order valence-electron chi connectivity index (χ1n) is 13.8. The van der Waals surface area contributed by atoms with Crippen LogP contribution in [0.4, 0.5) is 5.69 Å². The fourth-order valence-corrected chi connectivity index (χ4v) is 7.42. The zero-order valence-corrected chi connectivity index (χ0v) is 23.6. The number of rotatable bonds is 5. The second-order valence-corrected chi connectivity index (χ2v) is 12.1. The molecule has 1 saturated carbocycles. The van der Waals surface area contributed by atoms with Crippen LogP contribution in [0.1, 0.15) is 30.4 Å². The summed E-state index contributed by atoms with van der Waals surface area (Å²) in [4.78, 5) is 57.9. The summed E-state index contributed by atoms with van der Waals surface area (Å²) < 4.78 is 0. The normalized spacial score (nSPS) is 27.4. The van der Waals surface area contributed by atoms with E-state index in [2.05, 4.69) is 5.32 Å². The van der Waals surface area contributed by atoms with E-state index in [-0.39, 0.29) is 36.2 Å². The summed E-state index contributed by atoms with van der Waals surface area (Å²) in [6.07, 6.45) is 1.74. The van der Waals surface area contributed by atoms with Crippen molar-refractivity contribution in [2.75, 3.05) is 25.0 Å². The van der Waals surface area contributed by atoms with E-state index in [9.17, 15) is 39.6 Å². The van der Waals surface area contributed by atoms with Crippen LogP contribution in [0.25, 0.3) is 16.2 Å². The van der Waals surface area contributed by atoms with Crippen LogP contribution in [0.2, 0.25) is 0 Å². The van der Waals surface area contributed by atoms with Crippen molar-refractivity contribution in [1.82, 2.24) is 5.06 Å². The first-order chi connectivity index (χ1) is 20.4. The van der Waals surface area contributed by atoms with Gasteiger partial charge in [0.2, 0.25) is 11.7 Å². The minimum Gasteiger partial charge on any atom is -0.508 e. The Labute approximate surface area is 249 Å². The maximum absolute atomic E-state index is 13.9. The minimum absolute atomic E-state index is 0.0151. The maximum atomic E-state index is 13.9. The smallest absolute Gasteiger partial charge is 0.255 e. The summed E-state index contributed by atoms with van der Waals surface area (Å²) in [5, 5.41) is 51.4. The number of thiophene rings is 1. The Morgan fingerprint density at radius 1 is 1.21 bits per heavy atom. The van der Waals surface area contributed by atoms with E-state index >= 15 is 0 Å². The van der Waals surface area contributed by atoms with Crippen molar-refractivity contribution < 1.29 is 44.4 Å². The Hall–Kier alpha value is -4.08. The highest BCUT2D eigenvalue weighted by atomic mass is 32.1. The van der Waals surface area contributed by atoms with Crippen molar-refractivity contribution in [2.45, 2.75) is 37.3 Å². The van der Waals surface area contributed by atoms with Gasteiger partial charge >= 0.3 is 0 Å². The summed E-state index contributed by atoms with van der Waals surface area (Å²) in [5.74, 6) is -8.44. The average Bonchev–Trinajstić information content (AvgIpc) is 3.50. The molecule has 2 heterocycles. The Bertz CT molecular complexity index is 1630.